The summed E-state index contributed by atoms with van der Waals surface area (Å²) in [6.07, 6.45) is 1.74. The van der Waals surface area contributed by atoms with Crippen molar-refractivity contribution in [1.82, 2.24) is 15.2 Å². The Morgan fingerprint density at radius 1 is 1.42 bits per heavy atom. The van der Waals surface area contributed by atoms with Crippen LogP contribution in [-0.4, -0.2) is 41.1 Å². The Bertz CT molecular complexity index is 754. The van der Waals surface area contributed by atoms with Crippen LogP contribution in [0.2, 0.25) is 0 Å². The van der Waals surface area contributed by atoms with Gasteiger partial charge >= 0.3 is 0 Å². The van der Waals surface area contributed by atoms with Gasteiger partial charge in [-0.05, 0) is 50.6 Å². The number of amides is 1. The molecule has 0 unspecified atom stereocenters. The monoisotopic (exact) mass is 375 g/mol. The average Bonchev–Trinajstić information content (AvgIpc) is 3.06. The molecule has 1 saturated heterocycles. The molecule has 7 heteroatoms. The number of carbonyl (C=O) groups is 1. The van der Waals surface area contributed by atoms with Crippen molar-refractivity contribution in [2.45, 2.75) is 32.9 Å². The summed E-state index contributed by atoms with van der Waals surface area (Å²) < 4.78 is 5.10. The molecule has 0 aliphatic carbocycles. The number of ether oxygens (including phenoxy) is 1. The summed E-state index contributed by atoms with van der Waals surface area (Å²) in [5.41, 5.74) is 2.03. The van der Waals surface area contributed by atoms with E-state index in [0.29, 0.717) is 12.3 Å². The molecule has 1 fully saturated rings. The Kier molecular flexibility index (Phi) is 6.11. The third-order valence-electron chi connectivity index (χ3n) is 4.72. The van der Waals surface area contributed by atoms with Crippen LogP contribution in [0.5, 0.6) is 11.5 Å². The number of thiazole rings is 1. The molecule has 0 atom stereocenters. The van der Waals surface area contributed by atoms with E-state index >= 15 is 0 Å². The van der Waals surface area contributed by atoms with Crippen LogP contribution in [-0.2, 0) is 17.9 Å². The van der Waals surface area contributed by atoms with Gasteiger partial charge < -0.3 is 15.2 Å². The lowest BCUT2D eigenvalue weighted by atomic mass is 9.95. The number of nitrogens with zero attached hydrogens (tertiary/aromatic N) is 2. The normalized spacial score (nSPS) is 15.8. The lowest BCUT2D eigenvalue weighted by Crippen LogP contribution is -2.40. The molecule has 0 spiro atoms. The van der Waals surface area contributed by atoms with E-state index in [0.717, 1.165) is 48.7 Å². The van der Waals surface area contributed by atoms with E-state index < -0.39 is 0 Å². The summed E-state index contributed by atoms with van der Waals surface area (Å²) in [4.78, 5) is 19.3. The molecule has 0 radical (unpaired) electrons. The Balaban J connectivity index is 1.45. The van der Waals surface area contributed by atoms with Crippen LogP contribution in [0.25, 0.3) is 0 Å². The van der Waals surface area contributed by atoms with Gasteiger partial charge in [-0.15, -0.1) is 11.3 Å². The Morgan fingerprint density at radius 3 is 2.85 bits per heavy atom. The van der Waals surface area contributed by atoms with Crippen molar-refractivity contribution >= 4 is 17.2 Å². The highest BCUT2D eigenvalue weighted by Crippen LogP contribution is 2.26. The van der Waals surface area contributed by atoms with Crippen molar-refractivity contribution in [3.8, 4) is 11.5 Å². The fourth-order valence-corrected chi connectivity index (χ4v) is 3.83. The van der Waals surface area contributed by atoms with E-state index in [-0.39, 0.29) is 17.6 Å². The molecule has 2 heterocycles. The number of aromatic hydroxyl groups is 1. The molecule has 140 valence electrons. The van der Waals surface area contributed by atoms with Crippen LogP contribution in [0.3, 0.4) is 0 Å². The molecule has 1 aliphatic rings. The number of aryl methyl sites for hydroxylation is 1. The molecule has 6 nitrogen and oxygen atoms in total. The first kappa shape index (κ1) is 18.7. The highest BCUT2D eigenvalue weighted by molar-refractivity contribution is 7.09. The number of phenolic OH excluding ortho intramolecular Hbond substituents is 1. The molecule has 1 aliphatic heterocycles. The average molecular weight is 375 g/mol. The standard InChI is InChI=1S/C19H25N3O3S/c1-13-21-16(12-26-13)11-22-7-5-15(6-8-22)19(24)20-10-14-3-4-17(23)18(9-14)25-2/h3-4,9,12,15,23H,5-8,10-11H2,1-2H3,(H,20,24). The molecular weight excluding hydrogens is 350 g/mol. The van der Waals surface area contributed by atoms with Gasteiger partial charge in [0.2, 0.25) is 5.91 Å². The quantitative estimate of drug-likeness (QED) is 0.812. The maximum absolute atomic E-state index is 12.4. The van der Waals surface area contributed by atoms with Crippen LogP contribution < -0.4 is 10.1 Å². The van der Waals surface area contributed by atoms with E-state index in [1.165, 1.54) is 7.11 Å². The van der Waals surface area contributed by atoms with Crippen LogP contribution in [0.4, 0.5) is 0 Å². The molecule has 1 amide bonds. The predicted molar refractivity (Wildman–Crippen MR) is 101 cm³/mol. The van der Waals surface area contributed by atoms with Gasteiger partial charge in [0.25, 0.3) is 0 Å². The fourth-order valence-electron chi connectivity index (χ4n) is 3.23. The molecule has 2 N–H and O–H groups in total. The van der Waals surface area contributed by atoms with Crippen molar-refractivity contribution in [3.63, 3.8) is 0 Å². The van der Waals surface area contributed by atoms with E-state index in [4.69, 9.17) is 4.74 Å². The summed E-state index contributed by atoms with van der Waals surface area (Å²) in [5, 5.41) is 15.8. The zero-order valence-electron chi connectivity index (χ0n) is 15.2. The van der Waals surface area contributed by atoms with Crippen molar-refractivity contribution in [2.75, 3.05) is 20.2 Å². The predicted octanol–water partition coefficient (Wildman–Crippen LogP) is 2.69. The van der Waals surface area contributed by atoms with Crippen molar-refractivity contribution in [3.05, 3.63) is 39.8 Å². The highest BCUT2D eigenvalue weighted by atomic mass is 32.1. The van der Waals surface area contributed by atoms with Gasteiger partial charge in [-0.3, -0.25) is 9.69 Å². The number of likely N-dealkylation sites (tertiary alicyclic amines) is 1. The van der Waals surface area contributed by atoms with Crippen molar-refractivity contribution in [2.24, 2.45) is 5.92 Å². The molecule has 26 heavy (non-hydrogen) atoms. The summed E-state index contributed by atoms with van der Waals surface area (Å²) >= 11 is 1.68. The third kappa shape index (κ3) is 4.74. The number of carbonyl (C=O) groups excluding carboxylic acids is 1. The second-order valence-electron chi connectivity index (χ2n) is 6.63. The van der Waals surface area contributed by atoms with Gasteiger partial charge in [-0.1, -0.05) is 6.07 Å². The molecule has 0 saturated carbocycles. The van der Waals surface area contributed by atoms with Crippen LogP contribution >= 0.6 is 11.3 Å². The van der Waals surface area contributed by atoms with Gasteiger partial charge in [0.05, 0.1) is 17.8 Å². The van der Waals surface area contributed by atoms with Gasteiger partial charge in [0.15, 0.2) is 11.5 Å². The highest BCUT2D eigenvalue weighted by Gasteiger charge is 2.25. The summed E-state index contributed by atoms with van der Waals surface area (Å²) in [6.45, 7) is 5.16. The number of rotatable bonds is 6. The van der Waals surface area contributed by atoms with Crippen LogP contribution in [0.1, 0.15) is 29.1 Å². The number of nitrogens with one attached hydrogen (secondary N) is 1. The second kappa shape index (κ2) is 8.51. The van der Waals surface area contributed by atoms with E-state index in [1.54, 1.807) is 29.5 Å². The second-order valence-corrected chi connectivity index (χ2v) is 7.69. The Morgan fingerprint density at radius 2 is 2.19 bits per heavy atom. The van der Waals surface area contributed by atoms with Gasteiger partial charge in [-0.25, -0.2) is 4.98 Å². The Hall–Kier alpha value is -2.12. The van der Waals surface area contributed by atoms with Gasteiger partial charge in [-0.2, -0.15) is 0 Å². The first-order valence-electron chi connectivity index (χ1n) is 8.82. The third-order valence-corrected chi connectivity index (χ3v) is 5.54. The van der Waals surface area contributed by atoms with Gasteiger partial charge in [0, 0.05) is 24.4 Å². The van der Waals surface area contributed by atoms with Gasteiger partial charge in [0.1, 0.15) is 0 Å². The van der Waals surface area contributed by atoms with Crippen LogP contribution in [0, 0.1) is 12.8 Å². The number of hydrogen-bond donors (Lipinski definition) is 2. The summed E-state index contributed by atoms with van der Waals surface area (Å²) in [7, 11) is 1.51. The Labute approximate surface area is 157 Å². The zero-order valence-corrected chi connectivity index (χ0v) is 16.0. The fraction of sp³-hybridized carbons (Fsp3) is 0.474. The smallest absolute Gasteiger partial charge is 0.223 e. The van der Waals surface area contributed by atoms with E-state index in [1.807, 2.05) is 6.92 Å². The minimum Gasteiger partial charge on any atom is -0.504 e. The molecule has 1 aromatic heterocycles. The number of piperidine rings is 1. The number of phenols is 1. The first-order valence-corrected chi connectivity index (χ1v) is 9.70. The number of hydrogen-bond acceptors (Lipinski definition) is 6. The molecule has 1 aromatic carbocycles. The maximum Gasteiger partial charge on any atom is 0.223 e. The van der Waals surface area contributed by atoms with Crippen molar-refractivity contribution in [1.29, 1.82) is 0 Å². The summed E-state index contributed by atoms with van der Waals surface area (Å²) in [6, 6.07) is 5.11. The molecule has 3 rings (SSSR count). The number of methoxy groups -OCH3 is 1. The first-order chi connectivity index (χ1) is 12.5. The van der Waals surface area contributed by atoms with Crippen molar-refractivity contribution < 1.29 is 14.6 Å². The molecule has 2 aromatic rings. The maximum atomic E-state index is 12.4. The van der Waals surface area contributed by atoms with E-state index in [2.05, 4.69) is 20.6 Å². The topological polar surface area (TPSA) is 74.7 Å². The van der Waals surface area contributed by atoms with E-state index in [9.17, 15) is 9.90 Å². The lowest BCUT2D eigenvalue weighted by molar-refractivity contribution is -0.126. The van der Waals surface area contributed by atoms with Crippen LogP contribution in [0.15, 0.2) is 23.6 Å². The minimum atomic E-state index is 0.0578. The summed E-state index contributed by atoms with van der Waals surface area (Å²) in [5.74, 6) is 0.677. The SMILES string of the molecule is COc1cc(CNC(=O)C2CCN(Cc3csc(C)n3)CC2)ccc1O. The lowest BCUT2D eigenvalue weighted by Gasteiger charge is -2.30. The molecular formula is C19H25N3O3S. The zero-order chi connectivity index (χ0) is 18.5. The largest absolute Gasteiger partial charge is 0.504 e. The number of benzene rings is 1. The minimum absolute atomic E-state index is 0.0578. The molecule has 0 bridgehead atoms. The number of aromatic nitrogens is 1.